The summed E-state index contributed by atoms with van der Waals surface area (Å²) in [4.78, 5) is 23.4. The Balaban J connectivity index is 4.08. The SMILES string of the molecule is CCCN(C)C(=O)N[C@@H](CC)C(=O)O. The van der Waals surface area contributed by atoms with Gasteiger partial charge in [-0.25, -0.2) is 9.59 Å². The standard InChI is InChI=1S/C9H18N2O3/c1-4-6-11(3)9(14)10-7(5-2)8(12)13/h7H,4-6H2,1-3H3,(H,10,14)(H,12,13)/t7-/m0/s1. The van der Waals surface area contributed by atoms with E-state index in [0.717, 1.165) is 6.42 Å². The number of carbonyl (C=O) groups excluding carboxylic acids is 1. The summed E-state index contributed by atoms with van der Waals surface area (Å²) < 4.78 is 0. The van der Waals surface area contributed by atoms with E-state index in [2.05, 4.69) is 5.32 Å². The topological polar surface area (TPSA) is 69.6 Å². The fourth-order valence-electron chi connectivity index (χ4n) is 1.03. The van der Waals surface area contributed by atoms with Crippen LogP contribution in [0.25, 0.3) is 0 Å². The fourth-order valence-corrected chi connectivity index (χ4v) is 1.03. The summed E-state index contributed by atoms with van der Waals surface area (Å²) in [5, 5.41) is 11.1. The lowest BCUT2D eigenvalue weighted by atomic mass is 10.2. The number of urea groups is 1. The normalized spacial score (nSPS) is 11.9. The molecule has 0 aliphatic carbocycles. The highest BCUT2D eigenvalue weighted by Crippen LogP contribution is 1.94. The Bertz CT molecular complexity index is 206. The first-order valence-electron chi connectivity index (χ1n) is 4.77. The maximum absolute atomic E-state index is 11.4. The first-order chi connectivity index (χ1) is 6.52. The van der Waals surface area contributed by atoms with E-state index in [4.69, 9.17) is 5.11 Å². The monoisotopic (exact) mass is 202 g/mol. The van der Waals surface area contributed by atoms with Crippen LogP contribution in [-0.2, 0) is 4.79 Å². The van der Waals surface area contributed by atoms with E-state index < -0.39 is 12.0 Å². The number of carbonyl (C=O) groups is 2. The van der Waals surface area contributed by atoms with Crippen LogP contribution in [0.15, 0.2) is 0 Å². The molecule has 0 aliphatic rings. The number of aliphatic carboxylic acids is 1. The van der Waals surface area contributed by atoms with Gasteiger partial charge in [-0.05, 0) is 12.8 Å². The van der Waals surface area contributed by atoms with Crippen molar-refractivity contribution in [3.05, 3.63) is 0 Å². The first kappa shape index (κ1) is 12.7. The molecule has 82 valence electrons. The molecule has 0 saturated heterocycles. The van der Waals surface area contributed by atoms with Gasteiger partial charge in [-0.1, -0.05) is 13.8 Å². The van der Waals surface area contributed by atoms with Gasteiger partial charge in [-0.15, -0.1) is 0 Å². The van der Waals surface area contributed by atoms with Crippen molar-refractivity contribution in [3.8, 4) is 0 Å². The highest BCUT2D eigenvalue weighted by atomic mass is 16.4. The van der Waals surface area contributed by atoms with Crippen LogP contribution in [0.1, 0.15) is 26.7 Å². The van der Waals surface area contributed by atoms with Crippen LogP contribution < -0.4 is 5.32 Å². The molecule has 0 fully saturated rings. The lowest BCUT2D eigenvalue weighted by Crippen LogP contribution is -2.46. The van der Waals surface area contributed by atoms with Gasteiger partial charge in [0.1, 0.15) is 6.04 Å². The fraction of sp³-hybridized carbons (Fsp3) is 0.778. The Morgan fingerprint density at radius 3 is 2.36 bits per heavy atom. The molecule has 14 heavy (non-hydrogen) atoms. The summed E-state index contributed by atoms with van der Waals surface area (Å²) in [6, 6.07) is -1.12. The zero-order valence-electron chi connectivity index (χ0n) is 8.91. The van der Waals surface area contributed by atoms with E-state index in [1.807, 2.05) is 6.92 Å². The number of amides is 2. The van der Waals surface area contributed by atoms with Gasteiger partial charge in [0.2, 0.25) is 0 Å². The van der Waals surface area contributed by atoms with Crippen LogP contribution in [0.4, 0.5) is 4.79 Å². The molecule has 0 heterocycles. The minimum atomic E-state index is -0.995. The van der Waals surface area contributed by atoms with Crippen LogP contribution in [0.2, 0.25) is 0 Å². The summed E-state index contributed by atoms with van der Waals surface area (Å²) in [6.07, 6.45) is 1.24. The predicted molar refractivity (Wildman–Crippen MR) is 53.2 cm³/mol. The highest BCUT2D eigenvalue weighted by Gasteiger charge is 2.18. The van der Waals surface area contributed by atoms with Crippen molar-refractivity contribution in [2.45, 2.75) is 32.7 Å². The second-order valence-corrected chi connectivity index (χ2v) is 3.17. The number of hydrogen-bond donors (Lipinski definition) is 2. The predicted octanol–water partition coefficient (Wildman–Crippen LogP) is 0.901. The average molecular weight is 202 g/mol. The third-order valence-electron chi connectivity index (χ3n) is 1.91. The minimum Gasteiger partial charge on any atom is -0.480 e. The summed E-state index contributed by atoms with van der Waals surface area (Å²) in [5.41, 5.74) is 0. The Labute approximate surface area is 84.1 Å². The minimum absolute atomic E-state index is 0.332. The number of rotatable bonds is 5. The molecule has 0 unspecified atom stereocenters. The number of carboxylic acids is 1. The van der Waals surface area contributed by atoms with Gasteiger partial charge in [-0.3, -0.25) is 0 Å². The number of nitrogens with zero attached hydrogens (tertiary/aromatic N) is 1. The Morgan fingerprint density at radius 1 is 1.43 bits per heavy atom. The molecular formula is C9H18N2O3. The number of hydrogen-bond acceptors (Lipinski definition) is 2. The maximum atomic E-state index is 11.4. The molecule has 0 aliphatic heterocycles. The summed E-state index contributed by atoms with van der Waals surface area (Å²) in [6.45, 7) is 4.30. The largest absolute Gasteiger partial charge is 0.480 e. The Kier molecular flexibility index (Phi) is 5.67. The van der Waals surface area contributed by atoms with Gasteiger partial charge in [0.25, 0.3) is 0 Å². The average Bonchev–Trinajstić information content (AvgIpc) is 2.13. The third kappa shape index (κ3) is 4.11. The van der Waals surface area contributed by atoms with E-state index in [0.29, 0.717) is 13.0 Å². The van der Waals surface area contributed by atoms with Crippen LogP contribution in [0, 0.1) is 0 Å². The van der Waals surface area contributed by atoms with Crippen LogP contribution in [-0.4, -0.2) is 41.6 Å². The zero-order chi connectivity index (χ0) is 11.1. The number of nitrogens with one attached hydrogen (secondary N) is 1. The number of carboxylic acid groups (broad SMARTS) is 1. The molecule has 5 heteroatoms. The molecule has 2 N–H and O–H groups in total. The molecule has 0 aromatic carbocycles. The lowest BCUT2D eigenvalue weighted by molar-refractivity contribution is -0.139. The van der Waals surface area contributed by atoms with Crippen molar-refractivity contribution in [1.29, 1.82) is 0 Å². The van der Waals surface area contributed by atoms with E-state index in [9.17, 15) is 9.59 Å². The molecule has 5 nitrogen and oxygen atoms in total. The summed E-state index contributed by atoms with van der Waals surface area (Å²) in [5.74, 6) is -0.995. The highest BCUT2D eigenvalue weighted by molar-refractivity contribution is 5.82. The maximum Gasteiger partial charge on any atom is 0.326 e. The van der Waals surface area contributed by atoms with Gasteiger partial charge < -0.3 is 15.3 Å². The lowest BCUT2D eigenvalue weighted by Gasteiger charge is -2.19. The first-order valence-corrected chi connectivity index (χ1v) is 4.77. The van der Waals surface area contributed by atoms with Crippen molar-refractivity contribution < 1.29 is 14.7 Å². The summed E-state index contributed by atoms with van der Waals surface area (Å²) >= 11 is 0. The Hall–Kier alpha value is -1.26. The second kappa shape index (κ2) is 6.23. The van der Waals surface area contributed by atoms with Crippen molar-refractivity contribution in [3.63, 3.8) is 0 Å². The second-order valence-electron chi connectivity index (χ2n) is 3.17. The zero-order valence-corrected chi connectivity index (χ0v) is 8.91. The van der Waals surface area contributed by atoms with Crippen molar-refractivity contribution in [1.82, 2.24) is 10.2 Å². The summed E-state index contributed by atoms with van der Waals surface area (Å²) in [7, 11) is 1.65. The van der Waals surface area contributed by atoms with E-state index >= 15 is 0 Å². The molecule has 0 rings (SSSR count). The molecule has 0 radical (unpaired) electrons. The molecule has 2 amide bonds. The van der Waals surface area contributed by atoms with Crippen molar-refractivity contribution in [2.75, 3.05) is 13.6 Å². The van der Waals surface area contributed by atoms with Gasteiger partial charge in [0.05, 0.1) is 0 Å². The smallest absolute Gasteiger partial charge is 0.326 e. The van der Waals surface area contributed by atoms with Crippen molar-refractivity contribution >= 4 is 12.0 Å². The quantitative estimate of drug-likeness (QED) is 0.696. The van der Waals surface area contributed by atoms with Gasteiger partial charge in [-0.2, -0.15) is 0 Å². The molecular weight excluding hydrogens is 184 g/mol. The van der Waals surface area contributed by atoms with E-state index in [1.165, 1.54) is 4.90 Å². The molecule has 0 saturated carbocycles. The van der Waals surface area contributed by atoms with Crippen LogP contribution in [0.5, 0.6) is 0 Å². The molecule has 0 spiro atoms. The Morgan fingerprint density at radius 2 is 2.00 bits per heavy atom. The molecule has 0 aromatic rings. The van der Waals surface area contributed by atoms with Crippen LogP contribution >= 0.6 is 0 Å². The molecule has 1 atom stereocenters. The van der Waals surface area contributed by atoms with Gasteiger partial charge in [0.15, 0.2) is 0 Å². The van der Waals surface area contributed by atoms with Crippen LogP contribution in [0.3, 0.4) is 0 Å². The third-order valence-corrected chi connectivity index (χ3v) is 1.91. The molecule has 0 aromatic heterocycles. The van der Waals surface area contributed by atoms with Gasteiger partial charge >= 0.3 is 12.0 Å². The molecule has 0 bridgehead atoms. The van der Waals surface area contributed by atoms with Crippen molar-refractivity contribution in [2.24, 2.45) is 0 Å². The van der Waals surface area contributed by atoms with Gasteiger partial charge in [0, 0.05) is 13.6 Å². The van der Waals surface area contributed by atoms with E-state index in [1.54, 1.807) is 14.0 Å². The van der Waals surface area contributed by atoms with E-state index in [-0.39, 0.29) is 6.03 Å².